The Morgan fingerprint density at radius 3 is 2.73 bits per heavy atom. The van der Waals surface area contributed by atoms with Crippen LogP contribution in [0.3, 0.4) is 0 Å². The van der Waals surface area contributed by atoms with Crippen LogP contribution in [0.25, 0.3) is 0 Å². The number of pyridine rings is 1. The maximum atomic E-state index is 13.0. The Bertz CT molecular complexity index is 683. The van der Waals surface area contributed by atoms with E-state index in [0.717, 1.165) is 29.7 Å². The fourth-order valence-electron chi connectivity index (χ4n) is 2.56. The van der Waals surface area contributed by atoms with Gasteiger partial charge in [0.15, 0.2) is 0 Å². The number of amides is 2. The summed E-state index contributed by atoms with van der Waals surface area (Å²) in [7, 11) is 0. The molecular formula is C15H20FN5O. The third-order valence-corrected chi connectivity index (χ3v) is 3.48. The molecule has 118 valence electrons. The summed E-state index contributed by atoms with van der Waals surface area (Å²) in [5.41, 5.74) is 3.22. The topological polar surface area (TPSA) is 71.8 Å². The average Bonchev–Trinajstić information content (AvgIpc) is 2.73. The molecule has 22 heavy (non-hydrogen) atoms. The van der Waals surface area contributed by atoms with Crippen LogP contribution in [-0.2, 0) is 6.54 Å². The maximum Gasteiger partial charge on any atom is 0.319 e. The van der Waals surface area contributed by atoms with E-state index in [1.165, 1.54) is 12.3 Å². The lowest BCUT2D eigenvalue weighted by Crippen LogP contribution is -2.31. The molecular weight excluding hydrogens is 285 g/mol. The maximum absolute atomic E-state index is 13.0. The highest BCUT2D eigenvalue weighted by atomic mass is 19.1. The van der Waals surface area contributed by atoms with E-state index in [-0.39, 0.29) is 6.04 Å². The summed E-state index contributed by atoms with van der Waals surface area (Å²) < 4.78 is 14.9. The fourth-order valence-corrected chi connectivity index (χ4v) is 2.56. The van der Waals surface area contributed by atoms with Gasteiger partial charge in [-0.3, -0.25) is 9.67 Å². The number of rotatable bonds is 4. The SMILES string of the molecule is CCn1nc(C)c([C@@H](C)NC(=O)Nc2cncc(F)c2)c1C. The standard InChI is InChI=1S/C15H20FN5O/c1-5-21-11(4)14(10(3)20-21)9(2)18-15(22)19-13-6-12(16)7-17-8-13/h6-9H,5H2,1-4H3,(H2,18,19,22)/t9-/m1/s1. The van der Waals surface area contributed by atoms with E-state index >= 15 is 0 Å². The molecule has 0 aliphatic carbocycles. The van der Waals surface area contributed by atoms with Crippen LogP contribution in [0.1, 0.15) is 36.8 Å². The molecule has 0 saturated carbocycles. The van der Waals surface area contributed by atoms with Crippen molar-refractivity contribution >= 4 is 11.7 Å². The van der Waals surface area contributed by atoms with Gasteiger partial charge in [-0.2, -0.15) is 5.10 Å². The molecule has 2 N–H and O–H groups in total. The fraction of sp³-hybridized carbons (Fsp3) is 0.400. The normalized spacial score (nSPS) is 12.0. The minimum atomic E-state index is -0.498. The first-order chi connectivity index (χ1) is 10.4. The number of nitrogens with zero attached hydrogens (tertiary/aromatic N) is 3. The number of halogens is 1. The molecule has 0 fully saturated rings. The average molecular weight is 305 g/mol. The summed E-state index contributed by atoms with van der Waals surface area (Å²) in [6.07, 6.45) is 2.47. The van der Waals surface area contributed by atoms with Crippen molar-refractivity contribution in [3.8, 4) is 0 Å². The number of aromatic nitrogens is 3. The highest BCUT2D eigenvalue weighted by molar-refractivity contribution is 5.89. The molecule has 6 nitrogen and oxygen atoms in total. The van der Waals surface area contributed by atoms with Gasteiger partial charge in [0.05, 0.1) is 29.8 Å². The van der Waals surface area contributed by atoms with Crippen molar-refractivity contribution in [1.29, 1.82) is 0 Å². The molecule has 0 spiro atoms. The smallest absolute Gasteiger partial charge is 0.319 e. The number of hydrogen-bond acceptors (Lipinski definition) is 3. The molecule has 0 unspecified atom stereocenters. The third-order valence-electron chi connectivity index (χ3n) is 3.48. The zero-order valence-corrected chi connectivity index (χ0v) is 13.1. The number of hydrogen-bond donors (Lipinski definition) is 2. The van der Waals surface area contributed by atoms with Crippen LogP contribution >= 0.6 is 0 Å². The number of aryl methyl sites for hydroxylation is 2. The Balaban J connectivity index is 2.07. The Labute approximate surface area is 128 Å². The number of urea groups is 1. The summed E-state index contributed by atoms with van der Waals surface area (Å²) in [6.45, 7) is 8.58. The van der Waals surface area contributed by atoms with Crippen molar-refractivity contribution in [3.63, 3.8) is 0 Å². The van der Waals surface area contributed by atoms with E-state index in [9.17, 15) is 9.18 Å². The van der Waals surface area contributed by atoms with Crippen molar-refractivity contribution in [2.45, 2.75) is 40.3 Å². The lowest BCUT2D eigenvalue weighted by molar-refractivity contribution is 0.249. The predicted molar refractivity (Wildman–Crippen MR) is 82.1 cm³/mol. The first kappa shape index (κ1) is 15.9. The van der Waals surface area contributed by atoms with Crippen LogP contribution in [0.5, 0.6) is 0 Å². The van der Waals surface area contributed by atoms with Gasteiger partial charge in [-0.1, -0.05) is 0 Å². The van der Waals surface area contributed by atoms with Gasteiger partial charge in [-0.25, -0.2) is 9.18 Å². The molecule has 2 aromatic rings. The molecule has 2 heterocycles. The quantitative estimate of drug-likeness (QED) is 0.912. The van der Waals surface area contributed by atoms with Crippen molar-refractivity contribution in [2.24, 2.45) is 0 Å². The molecule has 2 aromatic heterocycles. The largest absolute Gasteiger partial charge is 0.331 e. The Hall–Kier alpha value is -2.44. The number of carbonyl (C=O) groups is 1. The second-order valence-corrected chi connectivity index (χ2v) is 5.11. The molecule has 0 aliphatic heterocycles. The molecule has 2 amide bonds. The highest BCUT2D eigenvalue weighted by Gasteiger charge is 2.18. The summed E-state index contributed by atoms with van der Waals surface area (Å²) in [4.78, 5) is 15.7. The van der Waals surface area contributed by atoms with Gasteiger partial charge in [-0.15, -0.1) is 0 Å². The first-order valence-electron chi connectivity index (χ1n) is 7.14. The molecule has 0 radical (unpaired) electrons. The first-order valence-corrected chi connectivity index (χ1v) is 7.14. The Kier molecular flexibility index (Phi) is 4.75. The van der Waals surface area contributed by atoms with Crippen LogP contribution in [0.4, 0.5) is 14.9 Å². The molecule has 0 bridgehead atoms. The Morgan fingerprint density at radius 2 is 2.14 bits per heavy atom. The molecule has 7 heteroatoms. The summed E-state index contributed by atoms with van der Waals surface area (Å²) in [5, 5.41) is 9.83. The zero-order valence-electron chi connectivity index (χ0n) is 13.1. The zero-order chi connectivity index (χ0) is 16.3. The van der Waals surface area contributed by atoms with Crippen LogP contribution in [0.15, 0.2) is 18.5 Å². The molecule has 1 atom stereocenters. The van der Waals surface area contributed by atoms with Gasteiger partial charge in [0.25, 0.3) is 0 Å². The second kappa shape index (κ2) is 6.55. The summed E-state index contributed by atoms with van der Waals surface area (Å²) >= 11 is 0. The van der Waals surface area contributed by atoms with Crippen molar-refractivity contribution in [3.05, 3.63) is 41.2 Å². The van der Waals surface area contributed by atoms with Gasteiger partial charge in [0.1, 0.15) is 5.82 Å². The van der Waals surface area contributed by atoms with Gasteiger partial charge >= 0.3 is 6.03 Å². The minimum absolute atomic E-state index is 0.207. The van der Waals surface area contributed by atoms with E-state index < -0.39 is 11.8 Å². The van der Waals surface area contributed by atoms with Crippen molar-refractivity contribution in [2.75, 3.05) is 5.32 Å². The van der Waals surface area contributed by atoms with Crippen LogP contribution < -0.4 is 10.6 Å². The predicted octanol–water partition coefficient (Wildman–Crippen LogP) is 2.94. The van der Waals surface area contributed by atoms with E-state index in [1.54, 1.807) is 0 Å². The number of anilines is 1. The lowest BCUT2D eigenvalue weighted by atomic mass is 10.1. The van der Waals surface area contributed by atoms with Gasteiger partial charge in [0, 0.05) is 23.9 Å². The second-order valence-electron chi connectivity index (χ2n) is 5.11. The van der Waals surface area contributed by atoms with E-state index in [4.69, 9.17) is 0 Å². The van der Waals surface area contributed by atoms with E-state index in [0.29, 0.717) is 5.69 Å². The van der Waals surface area contributed by atoms with Gasteiger partial charge in [0.2, 0.25) is 0 Å². The Morgan fingerprint density at radius 1 is 1.41 bits per heavy atom. The van der Waals surface area contributed by atoms with Crippen molar-refractivity contribution < 1.29 is 9.18 Å². The summed E-state index contributed by atoms with van der Waals surface area (Å²) in [6, 6.07) is 0.591. The van der Waals surface area contributed by atoms with Crippen LogP contribution in [-0.4, -0.2) is 20.8 Å². The molecule has 0 saturated heterocycles. The number of carbonyl (C=O) groups excluding carboxylic acids is 1. The molecule has 0 aromatic carbocycles. The van der Waals surface area contributed by atoms with Gasteiger partial charge < -0.3 is 10.6 Å². The van der Waals surface area contributed by atoms with Crippen LogP contribution in [0, 0.1) is 19.7 Å². The highest BCUT2D eigenvalue weighted by Crippen LogP contribution is 2.21. The minimum Gasteiger partial charge on any atom is -0.331 e. The molecule has 0 aliphatic rings. The van der Waals surface area contributed by atoms with Gasteiger partial charge in [-0.05, 0) is 27.7 Å². The lowest BCUT2D eigenvalue weighted by Gasteiger charge is -2.15. The van der Waals surface area contributed by atoms with E-state index in [2.05, 4.69) is 20.7 Å². The molecule has 2 rings (SSSR count). The number of nitrogens with one attached hydrogen (secondary N) is 2. The van der Waals surface area contributed by atoms with E-state index in [1.807, 2.05) is 32.4 Å². The monoisotopic (exact) mass is 305 g/mol. The third kappa shape index (κ3) is 3.41. The van der Waals surface area contributed by atoms with Crippen molar-refractivity contribution in [1.82, 2.24) is 20.1 Å². The summed E-state index contributed by atoms with van der Waals surface area (Å²) in [5.74, 6) is -0.498. The van der Waals surface area contributed by atoms with Crippen LogP contribution in [0.2, 0.25) is 0 Å².